The topological polar surface area (TPSA) is 60.4 Å². The van der Waals surface area contributed by atoms with Crippen LogP contribution in [-0.4, -0.2) is 26.7 Å². The van der Waals surface area contributed by atoms with Gasteiger partial charge in [0, 0.05) is 0 Å². The van der Waals surface area contributed by atoms with Gasteiger partial charge in [0.25, 0.3) is 0 Å². The Hall–Kier alpha value is -1.62. The van der Waals surface area contributed by atoms with Crippen LogP contribution in [-0.2, 0) is 14.6 Å². The van der Waals surface area contributed by atoms with Crippen LogP contribution in [0.15, 0.2) is 41.8 Å². The lowest BCUT2D eigenvalue weighted by molar-refractivity contribution is 0.0507. The average molecular weight is 268 g/mol. The second-order valence-corrected chi connectivity index (χ2v) is 5.86. The van der Waals surface area contributed by atoms with Gasteiger partial charge in [-0.05, 0) is 18.6 Å². The fourth-order valence-corrected chi connectivity index (χ4v) is 2.46. The van der Waals surface area contributed by atoms with E-state index in [9.17, 15) is 13.2 Å². The molecule has 0 spiro atoms. The Kier molecular flexibility index (Phi) is 5.09. The van der Waals surface area contributed by atoms with Gasteiger partial charge in [-0.2, -0.15) is 0 Å². The van der Waals surface area contributed by atoms with E-state index < -0.39 is 15.8 Å². The Morgan fingerprint density at radius 3 is 2.67 bits per heavy atom. The third-order valence-corrected chi connectivity index (χ3v) is 4.16. The molecular weight excluding hydrogens is 252 g/mol. The molecule has 0 saturated carbocycles. The van der Waals surface area contributed by atoms with Gasteiger partial charge in [0.1, 0.15) is 0 Å². The molecule has 0 amide bonds. The van der Waals surface area contributed by atoms with Crippen molar-refractivity contribution in [3.05, 3.63) is 42.5 Å². The van der Waals surface area contributed by atoms with E-state index in [1.807, 2.05) is 0 Å². The molecule has 5 heteroatoms. The van der Waals surface area contributed by atoms with E-state index in [1.54, 1.807) is 18.2 Å². The average Bonchev–Trinajstić information content (AvgIpc) is 2.39. The van der Waals surface area contributed by atoms with Crippen LogP contribution in [0.2, 0.25) is 0 Å². The van der Waals surface area contributed by atoms with Gasteiger partial charge in [0.2, 0.25) is 0 Å². The van der Waals surface area contributed by atoms with Crippen molar-refractivity contribution in [3.8, 4) is 0 Å². The van der Waals surface area contributed by atoms with Gasteiger partial charge in [-0.25, -0.2) is 13.2 Å². The number of benzene rings is 1. The summed E-state index contributed by atoms with van der Waals surface area (Å²) in [5, 5.41) is 0. The lowest BCUT2D eigenvalue weighted by Crippen LogP contribution is -2.13. The van der Waals surface area contributed by atoms with E-state index in [4.69, 9.17) is 4.74 Å². The Balaban J connectivity index is 3.03. The monoisotopic (exact) mass is 268 g/mol. The van der Waals surface area contributed by atoms with Crippen molar-refractivity contribution in [2.75, 3.05) is 12.4 Å². The Bertz CT molecular complexity index is 532. The summed E-state index contributed by atoms with van der Waals surface area (Å²) in [6.07, 6.45) is 2.16. The molecule has 0 aromatic heterocycles. The standard InChI is InChI=1S/C13H16O4S/c1-3-5-10-17-13(14)11-8-6-7-9-12(11)18(15,16)4-2/h3,6-9H,1,4-5,10H2,2H3. The largest absolute Gasteiger partial charge is 0.462 e. The molecule has 98 valence electrons. The fourth-order valence-electron chi connectivity index (χ4n) is 1.37. The predicted octanol–water partition coefficient (Wildman–Crippen LogP) is 2.21. The minimum absolute atomic E-state index is 0.0242. The minimum Gasteiger partial charge on any atom is -0.462 e. The quantitative estimate of drug-likeness (QED) is 0.451. The molecule has 0 aliphatic carbocycles. The predicted molar refractivity (Wildman–Crippen MR) is 69.3 cm³/mol. The molecule has 0 bridgehead atoms. The van der Waals surface area contributed by atoms with Crippen molar-refractivity contribution < 1.29 is 17.9 Å². The second kappa shape index (κ2) is 6.35. The molecule has 0 N–H and O–H groups in total. The van der Waals surface area contributed by atoms with Crippen LogP contribution in [0.5, 0.6) is 0 Å². The van der Waals surface area contributed by atoms with Crippen LogP contribution >= 0.6 is 0 Å². The summed E-state index contributed by atoms with van der Waals surface area (Å²) in [6.45, 7) is 5.25. The van der Waals surface area contributed by atoms with E-state index in [2.05, 4.69) is 6.58 Å². The van der Waals surface area contributed by atoms with Gasteiger partial charge < -0.3 is 4.74 Å². The molecule has 18 heavy (non-hydrogen) atoms. The van der Waals surface area contributed by atoms with Crippen molar-refractivity contribution in [2.45, 2.75) is 18.2 Å². The van der Waals surface area contributed by atoms with E-state index in [1.165, 1.54) is 19.1 Å². The molecule has 0 saturated heterocycles. The first-order valence-corrected chi connectivity index (χ1v) is 7.28. The van der Waals surface area contributed by atoms with Crippen molar-refractivity contribution in [2.24, 2.45) is 0 Å². The van der Waals surface area contributed by atoms with Crippen LogP contribution in [0.25, 0.3) is 0 Å². The van der Waals surface area contributed by atoms with E-state index in [0.29, 0.717) is 6.42 Å². The maximum absolute atomic E-state index is 11.8. The molecule has 0 aliphatic rings. The van der Waals surface area contributed by atoms with E-state index in [-0.39, 0.29) is 22.8 Å². The van der Waals surface area contributed by atoms with Crippen molar-refractivity contribution in [3.63, 3.8) is 0 Å². The number of sulfone groups is 1. The summed E-state index contributed by atoms with van der Waals surface area (Å²) in [7, 11) is -3.43. The Morgan fingerprint density at radius 2 is 2.06 bits per heavy atom. The minimum atomic E-state index is -3.43. The molecule has 0 unspecified atom stereocenters. The fraction of sp³-hybridized carbons (Fsp3) is 0.308. The van der Waals surface area contributed by atoms with E-state index in [0.717, 1.165) is 0 Å². The molecule has 0 atom stereocenters. The molecule has 1 aromatic carbocycles. The van der Waals surface area contributed by atoms with Crippen molar-refractivity contribution >= 4 is 15.8 Å². The number of carbonyl (C=O) groups is 1. The first-order valence-electron chi connectivity index (χ1n) is 5.62. The third kappa shape index (κ3) is 3.43. The summed E-state index contributed by atoms with van der Waals surface area (Å²) < 4.78 is 28.6. The van der Waals surface area contributed by atoms with Crippen molar-refractivity contribution in [1.82, 2.24) is 0 Å². The zero-order valence-electron chi connectivity index (χ0n) is 10.3. The van der Waals surface area contributed by atoms with Crippen molar-refractivity contribution in [1.29, 1.82) is 0 Å². The van der Waals surface area contributed by atoms with Gasteiger partial charge in [-0.1, -0.05) is 25.1 Å². The number of hydrogen-bond acceptors (Lipinski definition) is 4. The second-order valence-electron chi connectivity index (χ2n) is 3.61. The van der Waals surface area contributed by atoms with Gasteiger partial charge in [0.05, 0.1) is 22.8 Å². The lowest BCUT2D eigenvalue weighted by atomic mass is 10.2. The zero-order chi connectivity index (χ0) is 13.6. The highest BCUT2D eigenvalue weighted by Gasteiger charge is 2.21. The summed E-state index contributed by atoms with van der Waals surface area (Å²) in [4.78, 5) is 11.8. The summed E-state index contributed by atoms with van der Waals surface area (Å²) >= 11 is 0. The SMILES string of the molecule is C=CCCOC(=O)c1ccccc1S(=O)(=O)CC. The number of hydrogen-bond donors (Lipinski definition) is 0. The van der Waals surface area contributed by atoms with Gasteiger partial charge in [-0.15, -0.1) is 6.58 Å². The van der Waals surface area contributed by atoms with Crippen LogP contribution in [0.1, 0.15) is 23.7 Å². The molecule has 0 fully saturated rings. The van der Waals surface area contributed by atoms with Crippen LogP contribution in [0, 0.1) is 0 Å². The first kappa shape index (κ1) is 14.4. The summed E-state index contributed by atoms with van der Waals surface area (Å²) in [5.74, 6) is -0.672. The normalized spacial score (nSPS) is 10.9. The number of ether oxygens (including phenoxy) is 1. The third-order valence-electron chi connectivity index (χ3n) is 2.38. The maximum Gasteiger partial charge on any atom is 0.339 e. The highest BCUT2D eigenvalue weighted by molar-refractivity contribution is 7.91. The van der Waals surface area contributed by atoms with Crippen LogP contribution in [0.4, 0.5) is 0 Å². The van der Waals surface area contributed by atoms with E-state index >= 15 is 0 Å². The maximum atomic E-state index is 11.8. The molecule has 0 radical (unpaired) electrons. The molecule has 4 nitrogen and oxygen atoms in total. The Labute approximate surface area is 107 Å². The highest BCUT2D eigenvalue weighted by atomic mass is 32.2. The number of rotatable bonds is 6. The molecule has 1 rings (SSSR count). The van der Waals surface area contributed by atoms with Crippen LogP contribution in [0.3, 0.4) is 0 Å². The summed E-state index contributed by atoms with van der Waals surface area (Å²) in [5.41, 5.74) is 0.0865. The van der Waals surface area contributed by atoms with Gasteiger partial charge in [-0.3, -0.25) is 0 Å². The van der Waals surface area contributed by atoms with Gasteiger partial charge >= 0.3 is 5.97 Å². The smallest absolute Gasteiger partial charge is 0.339 e. The molecule has 1 aromatic rings. The summed E-state index contributed by atoms with van der Waals surface area (Å²) in [6, 6.07) is 6.07. The number of carbonyl (C=O) groups excluding carboxylic acids is 1. The highest BCUT2D eigenvalue weighted by Crippen LogP contribution is 2.18. The first-order chi connectivity index (χ1) is 8.53. The van der Waals surface area contributed by atoms with Gasteiger partial charge in [0.15, 0.2) is 9.84 Å². The molecule has 0 aliphatic heterocycles. The molecule has 0 heterocycles. The van der Waals surface area contributed by atoms with Crippen LogP contribution < -0.4 is 0 Å². The zero-order valence-corrected chi connectivity index (χ0v) is 11.1. The molecular formula is C13H16O4S. The lowest BCUT2D eigenvalue weighted by Gasteiger charge is -2.08. The number of esters is 1. The Morgan fingerprint density at radius 1 is 1.39 bits per heavy atom.